The average Bonchev–Trinajstić information content (AvgIpc) is 3.44. The summed E-state index contributed by atoms with van der Waals surface area (Å²) < 4.78 is 12.7. The summed E-state index contributed by atoms with van der Waals surface area (Å²) in [6, 6.07) is 11.5. The predicted octanol–water partition coefficient (Wildman–Crippen LogP) is 3.01. The van der Waals surface area contributed by atoms with Crippen LogP contribution in [0.15, 0.2) is 48.0 Å². The fourth-order valence-electron chi connectivity index (χ4n) is 4.06. The molecule has 0 bridgehead atoms. The van der Waals surface area contributed by atoms with Crippen LogP contribution in [-0.2, 0) is 18.3 Å². The van der Waals surface area contributed by atoms with E-state index in [4.69, 9.17) is 9.47 Å². The lowest BCUT2D eigenvalue weighted by atomic mass is 9.91. The fraction of sp³-hybridized carbons (Fsp3) is 0.304. The number of carbonyl (C=O) groups is 2. The number of nitrogens with one attached hydrogen (secondary N) is 1. The lowest BCUT2D eigenvalue weighted by molar-refractivity contribution is -0.121. The number of fused-ring (bicyclic) bond motifs is 1. The van der Waals surface area contributed by atoms with E-state index >= 15 is 0 Å². The largest absolute Gasteiger partial charge is 0.493 e. The van der Waals surface area contributed by atoms with Gasteiger partial charge in [0.25, 0.3) is 5.91 Å². The van der Waals surface area contributed by atoms with Crippen molar-refractivity contribution in [1.82, 2.24) is 14.8 Å². The highest BCUT2D eigenvalue weighted by Gasteiger charge is 2.32. The number of thiophene rings is 1. The van der Waals surface area contributed by atoms with E-state index in [2.05, 4.69) is 16.3 Å². The first-order chi connectivity index (χ1) is 15.0. The molecule has 162 valence electrons. The monoisotopic (exact) mass is 439 g/mol. The van der Waals surface area contributed by atoms with Crippen molar-refractivity contribution in [1.29, 1.82) is 0 Å². The number of hydrogen-bond donors (Lipinski definition) is 1. The number of methoxy groups -OCH3 is 2. The number of benzene rings is 1. The van der Waals surface area contributed by atoms with E-state index in [0.29, 0.717) is 23.7 Å². The molecule has 2 amide bonds. The van der Waals surface area contributed by atoms with Crippen LogP contribution in [0.25, 0.3) is 0 Å². The molecule has 31 heavy (non-hydrogen) atoms. The first-order valence-electron chi connectivity index (χ1n) is 9.99. The van der Waals surface area contributed by atoms with Gasteiger partial charge in [-0.2, -0.15) is 0 Å². The zero-order valence-corrected chi connectivity index (χ0v) is 18.6. The van der Waals surface area contributed by atoms with Gasteiger partial charge in [0.1, 0.15) is 5.69 Å². The van der Waals surface area contributed by atoms with Crippen molar-refractivity contribution in [3.05, 3.63) is 69.7 Å². The molecular weight excluding hydrogens is 414 g/mol. The summed E-state index contributed by atoms with van der Waals surface area (Å²) >= 11 is 1.65. The molecule has 0 saturated carbocycles. The Morgan fingerprint density at radius 3 is 2.58 bits per heavy atom. The van der Waals surface area contributed by atoms with Gasteiger partial charge in [0.05, 0.1) is 26.8 Å². The van der Waals surface area contributed by atoms with E-state index in [1.54, 1.807) is 55.5 Å². The molecule has 4 rings (SSSR count). The quantitative estimate of drug-likeness (QED) is 0.639. The van der Waals surface area contributed by atoms with Gasteiger partial charge in [0.2, 0.25) is 5.91 Å². The molecule has 0 spiro atoms. The molecule has 3 aromatic rings. The van der Waals surface area contributed by atoms with Gasteiger partial charge in [-0.25, -0.2) is 0 Å². The van der Waals surface area contributed by atoms with E-state index < -0.39 is 5.91 Å². The maximum atomic E-state index is 12.8. The van der Waals surface area contributed by atoms with Crippen LogP contribution in [0.5, 0.6) is 11.5 Å². The summed E-state index contributed by atoms with van der Waals surface area (Å²) in [5.41, 5.74) is 2.71. The van der Waals surface area contributed by atoms with Crippen molar-refractivity contribution < 1.29 is 19.1 Å². The smallest absolute Gasteiger partial charge is 0.274 e. The van der Waals surface area contributed by atoms with Gasteiger partial charge in [-0.1, -0.05) is 6.07 Å². The van der Waals surface area contributed by atoms with Crippen LogP contribution in [-0.4, -0.2) is 48.6 Å². The van der Waals surface area contributed by atoms with Gasteiger partial charge >= 0.3 is 0 Å². The van der Waals surface area contributed by atoms with Gasteiger partial charge in [-0.15, -0.1) is 11.3 Å². The normalized spacial score (nSPS) is 15.9. The van der Waals surface area contributed by atoms with E-state index in [0.717, 1.165) is 16.9 Å². The Labute approximate surface area is 185 Å². The number of rotatable bonds is 6. The molecule has 2 aromatic heterocycles. The average molecular weight is 440 g/mol. The van der Waals surface area contributed by atoms with Crippen LogP contribution in [0.2, 0.25) is 0 Å². The number of hydrogen-bond acceptors (Lipinski definition) is 6. The molecule has 0 aliphatic carbocycles. The number of carbonyl (C=O) groups excluding carboxylic acids is 2. The van der Waals surface area contributed by atoms with Crippen molar-refractivity contribution in [2.24, 2.45) is 7.05 Å². The molecule has 3 heterocycles. The maximum Gasteiger partial charge on any atom is 0.274 e. The van der Waals surface area contributed by atoms with Crippen molar-refractivity contribution in [3.63, 3.8) is 0 Å². The van der Waals surface area contributed by atoms with Crippen LogP contribution in [0, 0.1) is 0 Å². The number of ether oxygens (including phenoxy) is 2. The second-order valence-corrected chi connectivity index (χ2v) is 8.41. The van der Waals surface area contributed by atoms with E-state index in [1.165, 1.54) is 5.56 Å². The summed E-state index contributed by atoms with van der Waals surface area (Å²) in [5.74, 6) is 0.643. The second-order valence-electron chi connectivity index (χ2n) is 7.43. The third-order valence-corrected chi connectivity index (χ3v) is 6.49. The first-order valence-corrected chi connectivity index (χ1v) is 10.9. The second kappa shape index (κ2) is 8.95. The van der Waals surface area contributed by atoms with Gasteiger partial charge in [-0.3, -0.25) is 19.8 Å². The molecule has 1 aliphatic rings. The summed E-state index contributed by atoms with van der Waals surface area (Å²) in [5, 5.41) is 4.55. The van der Waals surface area contributed by atoms with Crippen molar-refractivity contribution >= 4 is 23.2 Å². The molecule has 8 heteroatoms. The minimum Gasteiger partial charge on any atom is -0.493 e. The van der Waals surface area contributed by atoms with Crippen LogP contribution < -0.4 is 14.8 Å². The number of imide groups is 1. The molecule has 1 N–H and O–H groups in total. The number of aryl methyl sites for hydroxylation is 1. The SMILES string of the molecule is COc1cc2c(cc1OC)[C@@H](c1cccs1)N(CC(=O)NC(=O)c1cccn1C)CC2. The number of amides is 2. The molecule has 1 aromatic carbocycles. The highest BCUT2D eigenvalue weighted by molar-refractivity contribution is 7.10. The number of nitrogens with zero attached hydrogens (tertiary/aromatic N) is 2. The summed E-state index contributed by atoms with van der Waals surface area (Å²) in [6.45, 7) is 0.809. The Morgan fingerprint density at radius 2 is 1.94 bits per heavy atom. The van der Waals surface area contributed by atoms with Crippen molar-refractivity contribution in [3.8, 4) is 11.5 Å². The molecule has 1 aliphatic heterocycles. The zero-order chi connectivity index (χ0) is 22.0. The highest BCUT2D eigenvalue weighted by atomic mass is 32.1. The third-order valence-electron chi connectivity index (χ3n) is 5.56. The molecule has 0 radical (unpaired) electrons. The molecule has 0 unspecified atom stereocenters. The van der Waals surface area contributed by atoms with Crippen LogP contribution >= 0.6 is 11.3 Å². The standard InChI is InChI=1S/C23H25N3O4S/c1-25-9-4-6-17(25)23(28)24-21(27)14-26-10-8-15-12-18(29-2)19(30-3)13-16(15)22(26)20-7-5-11-31-20/h4-7,9,11-13,22H,8,10,14H2,1-3H3,(H,24,27,28)/t22-/m0/s1. The summed E-state index contributed by atoms with van der Waals surface area (Å²) in [7, 11) is 5.02. The predicted molar refractivity (Wildman–Crippen MR) is 119 cm³/mol. The minimum absolute atomic E-state index is 0.0977. The van der Waals surface area contributed by atoms with Crippen molar-refractivity contribution in [2.75, 3.05) is 27.3 Å². The Hall–Kier alpha value is -3.10. The molecule has 0 fully saturated rings. The Kier molecular flexibility index (Phi) is 6.11. The maximum absolute atomic E-state index is 12.8. The van der Waals surface area contributed by atoms with Crippen LogP contribution in [0.3, 0.4) is 0 Å². The lowest BCUT2D eigenvalue weighted by Crippen LogP contribution is -2.44. The van der Waals surface area contributed by atoms with E-state index in [1.807, 2.05) is 23.6 Å². The van der Waals surface area contributed by atoms with Gasteiger partial charge in [-0.05, 0) is 53.3 Å². The molecular formula is C23H25N3O4S. The third kappa shape index (κ3) is 4.22. The lowest BCUT2D eigenvalue weighted by Gasteiger charge is -2.36. The summed E-state index contributed by atoms with van der Waals surface area (Å²) in [6.07, 6.45) is 2.55. The van der Waals surface area contributed by atoms with E-state index in [-0.39, 0.29) is 18.5 Å². The zero-order valence-electron chi connectivity index (χ0n) is 17.8. The molecule has 0 saturated heterocycles. The molecule has 1 atom stereocenters. The Balaban J connectivity index is 1.60. The number of aromatic nitrogens is 1. The van der Waals surface area contributed by atoms with Crippen LogP contribution in [0.1, 0.15) is 32.5 Å². The van der Waals surface area contributed by atoms with Gasteiger partial charge in [0.15, 0.2) is 11.5 Å². The first kappa shape index (κ1) is 21.1. The van der Waals surface area contributed by atoms with Gasteiger partial charge < -0.3 is 14.0 Å². The minimum atomic E-state index is -0.394. The summed E-state index contributed by atoms with van der Waals surface area (Å²) in [4.78, 5) is 28.4. The fourth-order valence-corrected chi connectivity index (χ4v) is 4.94. The van der Waals surface area contributed by atoms with E-state index in [9.17, 15) is 9.59 Å². The van der Waals surface area contributed by atoms with Gasteiger partial charge in [0, 0.05) is 24.7 Å². The van der Waals surface area contributed by atoms with Crippen LogP contribution in [0.4, 0.5) is 0 Å². The highest BCUT2D eigenvalue weighted by Crippen LogP contribution is 2.42. The Bertz CT molecular complexity index is 1090. The topological polar surface area (TPSA) is 72.8 Å². The van der Waals surface area contributed by atoms with Crippen molar-refractivity contribution in [2.45, 2.75) is 12.5 Å². The molecule has 7 nitrogen and oxygen atoms in total. The Morgan fingerprint density at radius 1 is 1.16 bits per heavy atom.